The molecular formula is C21H18ClNO3. The molecular weight excluding hydrogens is 350 g/mol. The minimum absolute atomic E-state index is 0.111. The molecule has 1 amide bonds. The molecule has 0 radical (unpaired) electrons. The lowest BCUT2D eigenvalue weighted by molar-refractivity contribution is -0.118. The number of benzene rings is 3. The highest BCUT2D eigenvalue weighted by Gasteiger charge is 2.09. The van der Waals surface area contributed by atoms with Gasteiger partial charge in [0, 0.05) is 5.02 Å². The number of carbonyl (C=O) groups excluding carboxylic acids is 1. The van der Waals surface area contributed by atoms with E-state index < -0.39 is 0 Å². The summed E-state index contributed by atoms with van der Waals surface area (Å²) in [7, 11) is 1.53. The van der Waals surface area contributed by atoms with E-state index in [1.54, 1.807) is 18.2 Å². The molecule has 0 atom stereocenters. The Morgan fingerprint density at radius 1 is 0.962 bits per heavy atom. The van der Waals surface area contributed by atoms with Gasteiger partial charge >= 0.3 is 0 Å². The molecule has 0 aliphatic carbocycles. The Kier molecular flexibility index (Phi) is 5.77. The summed E-state index contributed by atoms with van der Waals surface area (Å²) >= 11 is 5.96. The fraction of sp³-hybridized carbons (Fsp3) is 0.0952. The van der Waals surface area contributed by atoms with Crippen molar-refractivity contribution in [2.24, 2.45) is 0 Å². The van der Waals surface area contributed by atoms with Crippen molar-refractivity contribution in [3.63, 3.8) is 0 Å². The highest BCUT2D eigenvalue weighted by molar-refractivity contribution is 6.31. The van der Waals surface area contributed by atoms with Crippen LogP contribution in [-0.2, 0) is 4.79 Å². The van der Waals surface area contributed by atoms with Crippen LogP contribution in [0.2, 0.25) is 5.02 Å². The topological polar surface area (TPSA) is 47.6 Å². The molecule has 0 aliphatic rings. The molecule has 0 aromatic heterocycles. The summed E-state index contributed by atoms with van der Waals surface area (Å²) in [6.07, 6.45) is 0. The zero-order chi connectivity index (χ0) is 18.4. The molecule has 0 bridgehead atoms. The van der Waals surface area contributed by atoms with Gasteiger partial charge in [-0.2, -0.15) is 0 Å². The van der Waals surface area contributed by atoms with Gasteiger partial charge in [-0.3, -0.25) is 4.79 Å². The van der Waals surface area contributed by atoms with Crippen molar-refractivity contribution >= 4 is 23.2 Å². The standard InChI is InChI=1S/C21H18ClNO3/c1-25-20-12-9-17(22)13-19(20)23-21(24)14-26-18-10-7-16(8-11-18)15-5-3-2-4-6-15/h2-13H,14H2,1H3,(H,23,24). The Morgan fingerprint density at radius 2 is 1.65 bits per heavy atom. The number of nitrogens with one attached hydrogen (secondary N) is 1. The number of methoxy groups -OCH3 is 1. The molecule has 0 fully saturated rings. The Bertz CT molecular complexity index is 880. The first-order valence-electron chi connectivity index (χ1n) is 8.07. The van der Waals surface area contributed by atoms with Gasteiger partial charge in [-0.25, -0.2) is 0 Å². The van der Waals surface area contributed by atoms with Crippen molar-refractivity contribution in [2.75, 3.05) is 19.0 Å². The Balaban J connectivity index is 1.59. The van der Waals surface area contributed by atoms with Gasteiger partial charge in [0.2, 0.25) is 0 Å². The number of ether oxygens (including phenoxy) is 2. The van der Waals surface area contributed by atoms with Crippen LogP contribution in [0.3, 0.4) is 0 Å². The summed E-state index contributed by atoms with van der Waals surface area (Å²) in [6.45, 7) is -0.111. The van der Waals surface area contributed by atoms with Crippen LogP contribution < -0.4 is 14.8 Å². The zero-order valence-corrected chi connectivity index (χ0v) is 15.0. The molecule has 26 heavy (non-hydrogen) atoms. The Morgan fingerprint density at radius 3 is 2.35 bits per heavy atom. The number of anilines is 1. The third-order valence-electron chi connectivity index (χ3n) is 3.77. The van der Waals surface area contributed by atoms with Crippen molar-refractivity contribution in [3.05, 3.63) is 77.8 Å². The molecule has 0 saturated heterocycles. The van der Waals surface area contributed by atoms with Gasteiger partial charge in [0.25, 0.3) is 5.91 Å². The lowest BCUT2D eigenvalue weighted by atomic mass is 10.1. The number of hydrogen-bond donors (Lipinski definition) is 1. The Labute approximate surface area is 157 Å². The van der Waals surface area contributed by atoms with Crippen molar-refractivity contribution in [2.45, 2.75) is 0 Å². The molecule has 0 saturated carbocycles. The quantitative estimate of drug-likeness (QED) is 0.664. The molecule has 5 heteroatoms. The lowest BCUT2D eigenvalue weighted by Gasteiger charge is -2.11. The fourth-order valence-electron chi connectivity index (χ4n) is 2.49. The van der Waals surface area contributed by atoms with Crippen LogP contribution >= 0.6 is 11.6 Å². The molecule has 4 nitrogen and oxygen atoms in total. The maximum Gasteiger partial charge on any atom is 0.262 e. The zero-order valence-electron chi connectivity index (χ0n) is 14.2. The summed E-state index contributed by atoms with van der Waals surface area (Å²) < 4.78 is 10.8. The average Bonchev–Trinajstić information content (AvgIpc) is 2.68. The summed E-state index contributed by atoms with van der Waals surface area (Å²) in [5.74, 6) is 0.866. The van der Waals surface area contributed by atoms with Gasteiger partial charge in [0.15, 0.2) is 6.61 Å². The van der Waals surface area contributed by atoms with E-state index in [9.17, 15) is 4.79 Å². The normalized spacial score (nSPS) is 10.2. The monoisotopic (exact) mass is 367 g/mol. The van der Waals surface area contributed by atoms with Crippen LogP contribution in [0.4, 0.5) is 5.69 Å². The predicted octanol–water partition coefficient (Wildman–Crippen LogP) is 5.03. The summed E-state index contributed by atoms with van der Waals surface area (Å²) in [5.41, 5.74) is 2.73. The maximum atomic E-state index is 12.1. The summed E-state index contributed by atoms with van der Waals surface area (Å²) in [6, 6.07) is 22.7. The number of amides is 1. The molecule has 132 valence electrons. The van der Waals surface area contributed by atoms with Gasteiger partial charge in [0.1, 0.15) is 11.5 Å². The maximum absolute atomic E-state index is 12.1. The first kappa shape index (κ1) is 17.8. The van der Waals surface area contributed by atoms with Gasteiger partial charge in [-0.15, -0.1) is 0 Å². The largest absolute Gasteiger partial charge is 0.495 e. The predicted molar refractivity (Wildman–Crippen MR) is 104 cm³/mol. The van der Waals surface area contributed by atoms with E-state index in [1.807, 2.05) is 54.6 Å². The first-order valence-corrected chi connectivity index (χ1v) is 8.45. The Hall–Kier alpha value is -2.98. The van der Waals surface area contributed by atoms with Crippen LogP contribution in [0, 0.1) is 0 Å². The second kappa shape index (κ2) is 8.41. The van der Waals surface area contributed by atoms with Crippen molar-refractivity contribution in [1.82, 2.24) is 0 Å². The van der Waals surface area contributed by atoms with Gasteiger partial charge in [-0.1, -0.05) is 54.1 Å². The number of hydrogen-bond acceptors (Lipinski definition) is 3. The van der Waals surface area contributed by atoms with Gasteiger partial charge < -0.3 is 14.8 Å². The number of halogens is 1. The van der Waals surface area contributed by atoms with Crippen LogP contribution in [0.5, 0.6) is 11.5 Å². The molecule has 0 unspecified atom stereocenters. The minimum atomic E-state index is -0.294. The highest BCUT2D eigenvalue weighted by atomic mass is 35.5. The summed E-state index contributed by atoms with van der Waals surface area (Å²) in [5, 5.41) is 3.25. The third-order valence-corrected chi connectivity index (χ3v) is 4.00. The van der Waals surface area contributed by atoms with Crippen LogP contribution in [0.25, 0.3) is 11.1 Å². The fourth-order valence-corrected chi connectivity index (χ4v) is 2.66. The van der Waals surface area contributed by atoms with Crippen molar-refractivity contribution < 1.29 is 14.3 Å². The average molecular weight is 368 g/mol. The number of rotatable bonds is 6. The van der Waals surface area contributed by atoms with Gasteiger partial charge in [-0.05, 0) is 41.5 Å². The van der Waals surface area contributed by atoms with E-state index in [4.69, 9.17) is 21.1 Å². The van der Waals surface area contributed by atoms with Crippen LogP contribution in [-0.4, -0.2) is 19.6 Å². The van der Waals surface area contributed by atoms with E-state index in [0.29, 0.717) is 22.2 Å². The molecule has 1 N–H and O–H groups in total. The smallest absolute Gasteiger partial charge is 0.262 e. The van der Waals surface area contributed by atoms with E-state index in [-0.39, 0.29) is 12.5 Å². The SMILES string of the molecule is COc1ccc(Cl)cc1NC(=O)COc1ccc(-c2ccccc2)cc1. The second-order valence-corrected chi connectivity index (χ2v) is 6.01. The number of carbonyl (C=O) groups is 1. The molecule has 3 aromatic rings. The first-order chi connectivity index (χ1) is 12.7. The molecule has 0 spiro atoms. The van der Waals surface area contributed by atoms with Crippen LogP contribution in [0.1, 0.15) is 0 Å². The molecule has 0 aliphatic heterocycles. The van der Waals surface area contributed by atoms with E-state index >= 15 is 0 Å². The van der Waals surface area contributed by atoms with Crippen LogP contribution in [0.15, 0.2) is 72.8 Å². The van der Waals surface area contributed by atoms with E-state index in [2.05, 4.69) is 5.32 Å². The third kappa shape index (κ3) is 4.55. The second-order valence-electron chi connectivity index (χ2n) is 5.57. The summed E-state index contributed by atoms with van der Waals surface area (Å²) in [4.78, 5) is 12.1. The molecule has 3 aromatic carbocycles. The molecule has 0 heterocycles. The van der Waals surface area contributed by atoms with Gasteiger partial charge in [0.05, 0.1) is 12.8 Å². The van der Waals surface area contributed by atoms with Crippen molar-refractivity contribution in [3.8, 4) is 22.6 Å². The lowest BCUT2D eigenvalue weighted by Crippen LogP contribution is -2.20. The minimum Gasteiger partial charge on any atom is -0.495 e. The molecule has 3 rings (SSSR count). The van der Waals surface area contributed by atoms with E-state index in [0.717, 1.165) is 11.1 Å². The van der Waals surface area contributed by atoms with Crippen molar-refractivity contribution in [1.29, 1.82) is 0 Å². The highest BCUT2D eigenvalue weighted by Crippen LogP contribution is 2.27. The van der Waals surface area contributed by atoms with E-state index in [1.165, 1.54) is 7.11 Å².